The third kappa shape index (κ3) is 2.67. The van der Waals surface area contributed by atoms with E-state index in [1.807, 2.05) is 6.92 Å². The molecule has 0 radical (unpaired) electrons. The molecule has 0 spiro atoms. The number of nitrogens with one attached hydrogen (secondary N) is 2. The number of halogens is 1. The maximum absolute atomic E-state index is 13.5. The molecule has 2 aliphatic rings. The number of carbonyl (C=O) groups excluding carboxylic acids is 1. The summed E-state index contributed by atoms with van der Waals surface area (Å²) >= 11 is 0. The zero-order chi connectivity index (χ0) is 16.0. The van der Waals surface area contributed by atoms with Crippen molar-refractivity contribution in [1.82, 2.24) is 10.3 Å². The molecule has 3 atom stereocenters. The number of rotatable bonds is 4. The van der Waals surface area contributed by atoms with Crippen molar-refractivity contribution in [3.63, 3.8) is 0 Å². The molecule has 23 heavy (non-hydrogen) atoms. The highest BCUT2D eigenvalue weighted by molar-refractivity contribution is 5.90. The van der Waals surface area contributed by atoms with Gasteiger partial charge in [0.15, 0.2) is 0 Å². The second-order valence-electron chi connectivity index (χ2n) is 6.94. The number of aromatic nitrogens is 1. The Morgan fingerprint density at radius 3 is 2.96 bits per heavy atom. The number of aromatic amines is 1. The van der Waals surface area contributed by atoms with E-state index in [9.17, 15) is 9.18 Å². The van der Waals surface area contributed by atoms with E-state index in [0.717, 1.165) is 34.6 Å². The molecule has 3 nitrogen and oxygen atoms in total. The van der Waals surface area contributed by atoms with Gasteiger partial charge in [-0.25, -0.2) is 4.39 Å². The molecule has 1 aromatic heterocycles. The van der Waals surface area contributed by atoms with Crippen molar-refractivity contribution in [3.8, 4) is 0 Å². The van der Waals surface area contributed by atoms with Crippen LogP contribution in [-0.2, 0) is 11.2 Å². The minimum Gasteiger partial charge on any atom is -0.358 e. The van der Waals surface area contributed by atoms with Crippen molar-refractivity contribution in [3.05, 3.63) is 47.4 Å². The Balaban J connectivity index is 1.43. The number of carbonyl (C=O) groups is 1. The fourth-order valence-electron chi connectivity index (χ4n) is 4.18. The second kappa shape index (κ2) is 5.52. The summed E-state index contributed by atoms with van der Waals surface area (Å²) in [4.78, 5) is 15.5. The average molecular weight is 312 g/mol. The van der Waals surface area contributed by atoms with Gasteiger partial charge in [-0.15, -0.1) is 0 Å². The summed E-state index contributed by atoms with van der Waals surface area (Å²) in [6.07, 6.45) is 7.36. The van der Waals surface area contributed by atoms with Crippen LogP contribution >= 0.6 is 0 Å². The molecule has 1 aromatic carbocycles. The van der Waals surface area contributed by atoms with Gasteiger partial charge in [0, 0.05) is 23.1 Å². The van der Waals surface area contributed by atoms with E-state index >= 15 is 0 Å². The van der Waals surface area contributed by atoms with Crippen LogP contribution in [0.3, 0.4) is 0 Å². The van der Waals surface area contributed by atoms with Gasteiger partial charge in [-0.2, -0.15) is 0 Å². The molecule has 0 saturated heterocycles. The van der Waals surface area contributed by atoms with Crippen molar-refractivity contribution in [2.75, 3.05) is 6.54 Å². The first kappa shape index (κ1) is 14.5. The number of H-pyrrole nitrogens is 1. The number of allylic oxidation sites excluding steroid dienone is 2. The van der Waals surface area contributed by atoms with Crippen molar-refractivity contribution < 1.29 is 9.18 Å². The lowest BCUT2D eigenvalue weighted by Gasteiger charge is -2.18. The molecule has 4 rings (SSSR count). The third-order valence-electron chi connectivity index (χ3n) is 5.40. The highest BCUT2D eigenvalue weighted by Crippen LogP contribution is 2.42. The Labute approximate surface area is 135 Å². The van der Waals surface area contributed by atoms with E-state index in [0.29, 0.717) is 18.3 Å². The van der Waals surface area contributed by atoms with Crippen molar-refractivity contribution >= 4 is 16.8 Å². The van der Waals surface area contributed by atoms with Crippen LogP contribution in [-0.4, -0.2) is 17.4 Å². The van der Waals surface area contributed by atoms with Crippen molar-refractivity contribution in [2.24, 2.45) is 17.8 Å². The topological polar surface area (TPSA) is 44.9 Å². The molecule has 1 amide bonds. The lowest BCUT2D eigenvalue weighted by atomic mass is 9.93. The van der Waals surface area contributed by atoms with Crippen LogP contribution < -0.4 is 5.32 Å². The van der Waals surface area contributed by atoms with Crippen LogP contribution in [0, 0.1) is 30.5 Å². The molecule has 120 valence electrons. The molecule has 0 aliphatic heterocycles. The molecule has 2 N–H and O–H groups in total. The van der Waals surface area contributed by atoms with E-state index in [1.165, 1.54) is 25.0 Å². The molecular weight excluding hydrogens is 291 g/mol. The number of hydrogen-bond acceptors (Lipinski definition) is 1. The highest BCUT2D eigenvalue weighted by atomic mass is 19.1. The Bertz CT molecular complexity index is 792. The van der Waals surface area contributed by atoms with E-state index in [-0.39, 0.29) is 11.7 Å². The van der Waals surface area contributed by atoms with E-state index in [2.05, 4.69) is 22.5 Å². The van der Waals surface area contributed by atoms with Crippen LogP contribution in [0.1, 0.15) is 24.1 Å². The van der Waals surface area contributed by atoms with Crippen molar-refractivity contribution in [2.45, 2.75) is 26.2 Å². The average Bonchev–Trinajstić information content (AvgIpc) is 3.21. The zero-order valence-electron chi connectivity index (χ0n) is 13.2. The molecule has 2 bridgehead atoms. The summed E-state index contributed by atoms with van der Waals surface area (Å²) in [5, 5.41) is 3.88. The van der Waals surface area contributed by atoms with Gasteiger partial charge >= 0.3 is 0 Å². The Morgan fingerprint density at radius 2 is 2.22 bits per heavy atom. The van der Waals surface area contributed by atoms with Crippen LogP contribution in [0.4, 0.5) is 4.39 Å². The molecule has 1 fully saturated rings. The van der Waals surface area contributed by atoms with Crippen LogP contribution in [0.2, 0.25) is 0 Å². The maximum Gasteiger partial charge on any atom is 0.224 e. The predicted octanol–water partition coefficient (Wildman–Crippen LogP) is 3.49. The minimum absolute atomic E-state index is 0.0185. The minimum atomic E-state index is -0.271. The summed E-state index contributed by atoms with van der Waals surface area (Å²) in [6, 6.07) is 4.66. The number of fused-ring (bicyclic) bond motifs is 3. The summed E-state index contributed by atoms with van der Waals surface area (Å²) in [5.41, 5.74) is 2.71. The Kier molecular flexibility index (Phi) is 3.47. The van der Waals surface area contributed by atoms with E-state index in [4.69, 9.17) is 0 Å². The lowest BCUT2D eigenvalue weighted by molar-refractivity contribution is -0.120. The largest absolute Gasteiger partial charge is 0.358 e. The summed E-state index contributed by atoms with van der Waals surface area (Å²) in [5.74, 6) is 1.69. The quantitative estimate of drug-likeness (QED) is 0.834. The lowest BCUT2D eigenvalue weighted by Crippen LogP contribution is -2.32. The SMILES string of the molecule is Cc1[nH]c2ccc(F)cc2c1CC(=O)NC[C@@H]1C[C@@H]2C=C[C@H]1C2. The third-order valence-corrected chi connectivity index (χ3v) is 5.40. The normalized spacial score (nSPS) is 25.4. The van der Waals surface area contributed by atoms with Crippen molar-refractivity contribution in [1.29, 1.82) is 0 Å². The molecule has 4 heteroatoms. The van der Waals surface area contributed by atoms with Crippen LogP contribution in [0.15, 0.2) is 30.4 Å². The Hall–Kier alpha value is -2.10. The standard InChI is InChI=1S/C19H21FN2O/c1-11-16(17-8-15(20)4-5-18(17)22-11)9-19(23)21-10-14-7-12-2-3-13(14)6-12/h2-5,8,12-14,22H,6-7,9-10H2,1H3,(H,21,23)/t12-,13+,14+/m1/s1. The van der Waals surface area contributed by atoms with Gasteiger partial charge in [0.05, 0.1) is 6.42 Å². The van der Waals surface area contributed by atoms with Gasteiger partial charge < -0.3 is 10.3 Å². The van der Waals surface area contributed by atoms with Gasteiger partial charge in [0.2, 0.25) is 5.91 Å². The first-order chi connectivity index (χ1) is 11.1. The van der Waals surface area contributed by atoms with Gasteiger partial charge in [-0.1, -0.05) is 12.2 Å². The summed E-state index contributed by atoms with van der Waals surface area (Å²) in [7, 11) is 0. The molecular formula is C19H21FN2O. The van der Waals surface area contributed by atoms with Gasteiger partial charge in [-0.05, 0) is 61.3 Å². The number of hydrogen-bond donors (Lipinski definition) is 2. The van der Waals surface area contributed by atoms with Crippen LogP contribution in [0.25, 0.3) is 10.9 Å². The molecule has 2 aromatic rings. The molecule has 0 unspecified atom stereocenters. The zero-order valence-corrected chi connectivity index (χ0v) is 13.2. The first-order valence-electron chi connectivity index (χ1n) is 8.32. The number of aryl methyl sites for hydroxylation is 1. The Morgan fingerprint density at radius 1 is 1.35 bits per heavy atom. The monoisotopic (exact) mass is 312 g/mol. The second-order valence-corrected chi connectivity index (χ2v) is 6.94. The van der Waals surface area contributed by atoms with Gasteiger partial charge in [-0.3, -0.25) is 4.79 Å². The maximum atomic E-state index is 13.5. The van der Waals surface area contributed by atoms with E-state index < -0.39 is 0 Å². The highest BCUT2D eigenvalue weighted by Gasteiger charge is 2.35. The molecule has 2 aliphatic carbocycles. The van der Waals surface area contributed by atoms with E-state index in [1.54, 1.807) is 6.07 Å². The summed E-state index contributed by atoms with van der Waals surface area (Å²) < 4.78 is 13.5. The predicted molar refractivity (Wildman–Crippen MR) is 88.6 cm³/mol. The number of amides is 1. The smallest absolute Gasteiger partial charge is 0.224 e. The number of benzene rings is 1. The fourth-order valence-corrected chi connectivity index (χ4v) is 4.18. The first-order valence-corrected chi connectivity index (χ1v) is 8.32. The van der Waals surface area contributed by atoms with Crippen LogP contribution in [0.5, 0.6) is 0 Å². The molecule has 1 heterocycles. The summed E-state index contributed by atoms with van der Waals surface area (Å²) in [6.45, 7) is 2.68. The molecule has 1 saturated carbocycles. The van der Waals surface area contributed by atoms with Gasteiger partial charge in [0.1, 0.15) is 5.82 Å². The van der Waals surface area contributed by atoms with Gasteiger partial charge in [0.25, 0.3) is 0 Å². The fraction of sp³-hybridized carbons (Fsp3) is 0.421.